The van der Waals surface area contributed by atoms with Gasteiger partial charge in [0.1, 0.15) is 6.61 Å². The van der Waals surface area contributed by atoms with E-state index in [0.29, 0.717) is 25.0 Å². The standard InChI is InChI=1S/C17H21N3O3S/c1-11-6-8-24-15(11)17(21)20-7-2-3-13(9-20)22-10-14-18-16(19-23-14)12-4-5-12/h6,8,12-13H,2-5,7,9-10H2,1H3/t13-/m0/s1. The molecule has 0 bridgehead atoms. The summed E-state index contributed by atoms with van der Waals surface area (Å²) in [5.74, 6) is 1.95. The number of ether oxygens (including phenoxy) is 1. The minimum Gasteiger partial charge on any atom is -0.367 e. The Hall–Kier alpha value is -1.73. The maximum atomic E-state index is 12.6. The third-order valence-electron chi connectivity index (χ3n) is 4.59. The summed E-state index contributed by atoms with van der Waals surface area (Å²) < 4.78 is 11.2. The molecule has 24 heavy (non-hydrogen) atoms. The smallest absolute Gasteiger partial charge is 0.264 e. The number of aryl methyl sites for hydroxylation is 1. The highest BCUT2D eigenvalue weighted by atomic mass is 32.1. The van der Waals surface area contributed by atoms with Gasteiger partial charge >= 0.3 is 0 Å². The van der Waals surface area contributed by atoms with Crippen molar-refractivity contribution in [1.82, 2.24) is 15.0 Å². The van der Waals surface area contributed by atoms with Crippen molar-refractivity contribution in [2.45, 2.75) is 51.2 Å². The van der Waals surface area contributed by atoms with Gasteiger partial charge in [0.05, 0.1) is 11.0 Å². The minimum atomic E-state index is 0.0271. The number of thiophene rings is 1. The summed E-state index contributed by atoms with van der Waals surface area (Å²) in [7, 11) is 0. The molecule has 4 rings (SSSR count). The Morgan fingerprint density at radius 2 is 2.33 bits per heavy atom. The first-order valence-electron chi connectivity index (χ1n) is 8.48. The Bertz CT molecular complexity index is 722. The highest BCUT2D eigenvalue weighted by Crippen LogP contribution is 2.38. The van der Waals surface area contributed by atoms with Crippen LogP contribution in [0.4, 0.5) is 0 Å². The first-order valence-corrected chi connectivity index (χ1v) is 9.36. The number of carbonyl (C=O) groups excluding carboxylic acids is 1. The molecule has 1 aliphatic heterocycles. The molecule has 2 aliphatic rings. The van der Waals surface area contributed by atoms with Gasteiger partial charge in [0.15, 0.2) is 5.82 Å². The molecule has 0 unspecified atom stereocenters. The van der Waals surface area contributed by atoms with Crippen molar-refractivity contribution in [3.8, 4) is 0 Å². The van der Waals surface area contributed by atoms with Crippen molar-refractivity contribution in [3.63, 3.8) is 0 Å². The lowest BCUT2D eigenvalue weighted by Gasteiger charge is -2.32. The van der Waals surface area contributed by atoms with Crippen LogP contribution in [0.5, 0.6) is 0 Å². The van der Waals surface area contributed by atoms with E-state index >= 15 is 0 Å². The van der Waals surface area contributed by atoms with Gasteiger partial charge in [0.2, 0.25) is 0 Å². The molecule has 1 saturated heterocycles. The van der Waals surface area contributed by atoms with E-state index in [0.717, 1.165) is 48.5 Å². The second kappa shape index (κ2) is 6.64. The van der Waals surface area contributed by atoms with Crippen LogP contribution < -0.4 is 0 Å². The maximum absolute atomic E-state index is 12.6. The van der Waals surface area contributed by atoms with Gasteiger partial charge in [0, 0.05) is 19.0 Å². The van der Waals surface area contributed by atoms with Crippen LogP contribution in [0.1, 0.15) is 58.6 Å². The molecule has 0 aromatic carbocycles. The largest absolute Gasteiger partial charge is 0.367 e. The number of nitrogens with zero attached hydrogens (tertiary/aromatic N) is 3. The molecule has 0 N–H and O–H groups in total. The van der Waals surface area contributed by atoms with Gasteiger partial charge in [-0.2, -0.15) is 4.98 Å². The molecule has 2 fully saturated rings. The Morgan fingerprint density at radius 1 is 1.46 bits per heavy atom. The lowest BCUT2D eigenvalue weighted by atomic mass is 10.1. The van der Waals surface area contributed by atoms with E-state index in [-0.39, 0.29) is 12.0 Å². The molecule has 0 spiro atoms. The van der Waals surface area contributed by atoms with Crippen molar-refractivity contribution >= 4 is 17.2 Å². The molecular weight excluding hydrogens is 326 g/mol. The van der Waals surface area contributed by atoms with Crippen LogP contribution in [0.15, 0.2) is 16.0 Å². The average Bonchev–Trinajstić information content (AvgIpc) is 3.19. The van der Waals surface area contributed by atoms with Crippen molar-refractivity contribution in [2.75, 3.05) is 13.1 Å². The van der Waals surface area contributed by atoms with Crippen LogP contribution in [0.3, 0.4) is 0 Å². The zero-order valence-corrected chi connectivity index (χ0v) is 14.6. The molecule has 1 saturated carbocycles. The van der Waals surface area contributed by atoms with E-state index in [1.54, 1.807) is 0 Å². The van der Waals surface area contributed by atoms with Gasteiger partial charge in [0.25, 0.3) is 11.8 Å². The zero-order chi connectivity index (χ0) is 16.5. The van der Waals surface area contributed by atoms with E-state index in [2.05, 4.69) is 10.1 Å². The normalized spacial score (nSPS) is 21.2. The number of rotatable bonds is 5. The summed E-state index contributed by atoms with van der Waals surface area (Å²) >= 11 is 1.51. The maximum Gasteiger partial charge on any atom is 0.264 e. The molecule has 128 valence electrons. The summed E-state index contributed by atoms with van der Waals surface area (Å²) in [6, 6.07) is 1.99. The third-order valence-corrected chi connectivity index (χ3v) is 5.59. The molecule has 1 atom stereocenters. The van der Waals surface area contributed by atoms with Crippen molar-refractivity contribution in [2.24, 2.45) is 0 Å². The number of piperidine rings is 1. The first-order chi connectivity index (χ1) is 11.7. The number of likely N-dealkylation sites (tertiary alicyclic amines) is 1. The van der Waals surface area contributed by atoms with Gasteiger partial charge < -0.3 is 14.2 Å². The fourth-order valence-corrected chi connectivity index (χ4v) is 3.91. The van der Waals surface area contributed by atoms with Gasteiger partial charge in [-0.15, -0.1) is 11.3 Å². The first kappa shape index (κ1) is 15.8. The second-order valence-corrected chi connectivity index (χ2v) is 7.50. The lowest BCUT2D eigenvalue weighted by molar-refractivity contribution is -0.0152. The summed E-state index contributed by atoms with van der Waals surface area (Å²) in [6.45, 7) is 3.72. The van der Waals surface area contributed by atoms with Gasteiger partial charge in [-0.25, -0.2) is 0 Å². The van der Waals surface area contributed by atoms with Crippen LogP contribution in [0.25, 0.3) is 0 Å². The van der Waals surface area contributed by atoms with E-state index in [4.69, 9.17) is 9.26 Å². The Morgan fingerprint density at radius 3 is 3.08 bits per heavy atom. The van der Waals surface area contributed by atoms with Crippen molar-refractivity contribution < 1.29 is 14.1 Å². The van der Waals surface area contributed by atoms with Crippen LogP contribution in [0, 0.1) is 6.92 Å². The minimum absolute atomic E-state index is 0.0271. The molecule has 7 heteroatoms. The van der Waals surface area contributed by atoms with E-state index < -0.39 is 0 Å². The van der Waals surface area contributed by atoms with Gasteiger partial charge in [-0.05, 0) is 49.6 Å². The molecule has 6 nitrogen and oxygen atoms in total. The van der Waals surface area contributed by atoms with Crippen LogP contribution in [-0.4, -0.2) is 40.1 Å². The Kier molecular flexibility index (Phi) is 4.37. The molecule has 2 aromatic rings. The fourth-order valence-electron chi connectivity index (χ4n) is 3.02. The summed E-state index contributed by atoms with van der Waals surface area (Å²) in [5, 5.41) is 5.97. The number of hydrogen-bond donors (Lipinski definition) is 0. The topological polar surface area (TPSA) is 68.5 Å². The highest BCUT2D eigenvalue weighted by molar-refractivity contribution is 7.12. The Labute approximate surface area is 144 Å². The summed E-state index contributed by atoms with van der Waals surface area (Å²) in [4.78, 5) is 19.7. The second-order valence-electron chi connectivity index (χ2n) is 6.58. The van der Waals surface area contributed by atoms with Crippen LogP contribution >= 0.6 is 11.3 Å². The van der Waals surface area contributed by atoms with E-state index in [9.17, 15) is 4.79 Å². The zero-order valence-electron chi connectivity index (χ0n) is 13.7. The third kappa shape index (κ3) is 3.37. The number of amides is 1. The fraction of sp³-hybridized carbons (Fsp3) is 0.588. The summed E-state index contributed by atoms with van der Waals surface area (Å²) in [5.41, 5.74) is 1.05. The molecule has 3 heterocycles. The predicted molar refractivity (Wildman–Crippen MR) is 89.0 cm³/mol. The molecular formula is C17H21N3O3S. The van der Waals surface area contributed by atoms with E-state index in [1.807, 2.05) is 23.3 Å². The number of carbonyl (C=O) groups is 1. The van der Waals surface area contributed by atoms with Gasteiger partial charge in [-0.3, -0.25) is 4.79 Å². The predicted octanol–water partition coefficient (Wildman–Crippen LogP) is 3.14. The highest BCUT2D eigenvalue weighted by Gasteiger charge is 2.30. The molecule has 2 aromatic heterocycles. The average molecular weight is 347 g/mol. The van der Waals surface area contributed by atoms with Crippen LogP contribution in [0.2, 0.25) is 0 Å². The Balaban J connectivity index is 1.32. The van der Waals surface area contributed by atoms with Crippen molar-refractivity contribution in [3.05, 3.63) is 33.6 Å². The van der Waals surface area contributed by atoms with Crippen molar-refractivity contribution in [1.29, 1.82) is 0 Å². The molecule has 0 radical (unpaired) electrons. The summed E-state index contributed by atoms with van der Waals surface area (Å²) in [6.07, 6.45) is 4.25. The van der Waals surface area contributed by atoms with Gasteiger partial charge in [-0.1, -0.05) is 5.16 Å². The number of hydrogen-bond acceptors (Lipinski definition) is 6. The molecule has 1 amide bonds. The van der Waals surface area contributed by atoms with E-state index in [1.165, 1.54) is 11.3 Å². The number of aromatic nitrogens is 2. The van der Waals surface area contributed by atoms with Crippen LogP contribution in [-0.2, 0) is 11.3 Å². The lowest BCUT2D eigenvalue weighted by Crippen LogP contribution is -2.43. The quantitative estimate of drug-likeness (QED) is 0.831. The molecule has 1 aliphatic carbocycles. The SMILES string of the molecule is Cc1ccsc1C(=O)N1CCC[C@H](OCc2nc(C3CC3)no2)C1. The monoisotopic (exact) mass is 347 g/mol.